The van der Waals surface area contributed by atoms with E-state index in [0.29, 0.717) is 0 Å². The van der Waals surface area contributed by atoms with Crippen LogP contribution in [0.15, 0.2) is 30.0 Å². The van der Waals surface area contributed by atoms with Crippen LogP contribution in [-0.2, 0) is 0 Å². The molecule has 1 aliphatic heterocycles. The Kier molecular flexibility index (Phi) is 5.83. The van der Waals surface area contributed by atoms with Crippen LogP contribution in [0.5, 0.6) is 0 Å². The number of hydrogen-bond donors (Lipinski definition) is 4. The van der Waals surface area contributed by atoms with Crippen molar-refractivity contribution in [1.82, 2.24) is 25.5 Å². The first-order chi connectivity index (χ1) is 14.7. The number of H-pyrrole nitrogens is 1. The van der Waals surface area contributed by atoms with Gasteiger partial charge >= 0.3 is 0 Å². The average molecular weight is 420 g/mol. The number of allylic oxidation sites excluding steroid dienone is 1. The van der Waals surface area contributed by atoms with Crippen LogP contribution in [0.25, 0.3) is 28.0 Å². The molecule has 3 aromatic rings. The van der Waals surface area contributed by atoms with Crippen molar-refractivity contribution in [2.45, 2.75) is 0 Å². The Morgan fingerprint density at radius 3 is 2.90 bits per heavy atom. The first-order valence-corrected chi connectivity index (χ1v) is 10.3. The van der Waals surface area contributed by atoms with Gasteiger partial charge in [-0.15, -0.1) is 10.2 Å². The molecule has 1 saturated heterocycles. The molecule has 4 rings (SSSR count). The van der Waals surface area contributed by atoms with Crippen LogP contribution in [0.3, 0.4) is 0 Å². The Labute approximate surface area is 178 Å². The molecule has 4 N–H and O–H groups in total. The maximum Gasteiger partial charge on any atom is 0.208 e. The van der Waals surface area contributed by atoms with Gasteiger partial charge in [-0.25, -0.2) is 0 Å². The summed E-state index contributed by atoms with van der Waals surface area (Å²) >= 11 is 1.57. The normalized spacial score (nSPS) is 14.4. The lowest BCUT2D eigenvalue weighted by Gasteiger charge is -2.26. The Morgan fingerprint density at radius 2 is 2.17 bits per heavy atom. The minimum absolute atomic E-state index is 0.277. The van der Waals surface area contributed by atoms with E-state index in [0.717, 1.165) is 70.9 Å². The standard InChI is InChI=1S/C20H21N9S/c1-23-17-9-18(16-3-2-14(26-16)8-13(10-21)11-22)25-12-15(17)19-27-28-20(30-19)29-6-4-24-5-7-29/h2-3,8-10,12,21,24,26H,4-7H2,1H3,(H,23,25)/b13-8+,21-10?. The number of aromatic nitrogens is 4. The average Bonchev–Trinajstić information content (AvgIpc) is 3.47. The van der Waals surface area contributed by atoms with Gasteiger partial charge in [0.25, 0.3) is 0 Å². The highest BCUT2D eigenvalue weighted by Gasteiger charge is 2.18. The number of aromatic amines is 1. The summed E-state index contributed by atoms with van der Waals surface area (Å²) in [7, 11) is 1.87. The van der Waals surface area contributed by atoms with Gasteiger partial charge in [-0.1, -0.05) is 11.3 Å². The summed E-state index contributed by atoms with van der Waals surface area (Å²) in [5.74, 6) is 0. The second-order valence-corrected chi connectivity index (χ2v) is 7.63. The molecule has 152 valence electrons. The lowest BCUT2D eigenvalue weighted by Crippen LogP contribution is -2.43. The fourth-order valence-electron chi connectivity index (χ4n) is 3.21. The largest absolute Gasteiger partial charge is 0.387 e. The zero-order valence-corrected chi connectivity index (χ0v) is 17.3. The van der Waals surface area contributed by atoms with Crippen molar-refractivity contribution in [2.24, 2.45) is 0 Å². The molecule has 10 heteroatoms. The van der Waals surface area contributed by atoms with Gasteiger partial charge in [-0.05, 0) is 24.3 Å². The Balaban J connectivity index is 1.60. The molecule has 0 atom stereocenters. The highest BCUT2D eigenvalue weighted by atomic mass is 32.1. The molecule has 0 unspecified atom stereocenters. The molecule has 1 fully saturated rings. The van der Waals surface area contributed by atoms with Gasteiger partial charge < -0.3 is 25.9 Å². The van der Waals surface area contributed by atoms with E-state index in [4.69, 9.17) is 10.7 Å². The van der Waals surface area contributed by atoms with Crippen molar-refractivity contribution in [2.75, 3.05) is 43.4 Å². The quantitative estimate of drug-likeness (QED) is 0.357. The second-order valence-electron chi connectivity index (χ2n) is 6.68. The summed E-state index contributed by atoms with van der Waals surface area (Å²) in [6.45, 7) is 3.77. The second kappa shape index (κ2) is 8.86. The molecule has 4 heterocycles. The molecular weight excluding hydrogens is 398 g/mol. The summed E-state index contributed by atoms with van der Waals surface area (Å²) < 4.78 is 0. The number of piperazine rings is 1. The molecule has 0 aromatic carbocycles. The number of rotatable bonds is 6. The topological polar surface area (TPSA) is 129 Å². The molecule has 9 nitrogen and oxygen atoms in total. The van der Waals surface area contributed by atoms with Gasteiger partial charge in [-0.2, -0.15) is 5.26 Å². The minimum atomic E-state index is 0.277. The number of pyridine rings is 1. The van der Waals surface area contributed by atoms with E-state index in [1.807, 2.05) is 31.3 Å². The lowest BCUT2D eigenvalue weighted by atomic mass is 10.2. The third-order valence-corrected chi connectivity index (χ3v) is 5.80. The lowest BCUT2D eigenvalue weighted by molar-refractivity contribution is 0.587. The minimum Gasteiger partial charge on any atom is -0.387 e. The van der Waals surface area contributed by atoms with Crippen molar-refractivity contribution < 1.29 is 0 Å². The van der Waals surface area contributed by atoms with Gasteiger partial charge in [-0.3, -0.25) is 4.98 Å². The zero-order chi connectivity index (χ0) is 20.9. The van der Waals surface area contributed by atoms with E-state index in [-0.39, 0.29) is 5.57 Å². The Hall–Kier alpha value is -3.55. The third-order valence-electron chi connectivity index (χ3n) is 4.79. The van der Waals surface area contributed by atoms with Crippen LogP contribution < -0.4 is 15.5 Å². The summed E-state index contributed by atoms with van der Waals surface area (Å²) in [6.07, 6.45) is 4.46. The summed E-state index contributed by atoms with van der Waals surface area (Å²) in [5.41, 5.74) is 4.42. The molecule has 0 amide bonds. The van der Waals surface area contributed by atoms with Crippen molar-refractivity contribution in [3.63, 3.8) is 0 Å². The van der Waals surface area contributed by atoms with Crippen LogP contribution >= 0.6 is 11.3 Å². The van der Waals surface area contributed by atoms with Gasteiger partial charge in [0, 0.05) is 57.0 Å². The zero-order valence-electron chi connectivity index (χ0n) is 16.4. The van der Waals surface area contributed by atoms with E-state index in [1.54, 1.807) is 23.6 Å². The summed E-state index contributed by atoms with van der Waals surface area (Å²) in [6, 6.07) is 7.69. The fraction of sp³-hybridized carbons (Fsp3) is 0.250. The van der Waals surface area contributed by atoms with E-state index >= 15 is 0 Å². The van der Waals surface area contributed by atoms with Crippen molar-refractivity contribution in [3.8, 4) is 28.0 Å². The van der Waals surface area contributed by atoms with Crippen molar-refractivity contribution in [3.05, 3.63) is 35.7 Å². The van der Waals surface area contributed by atoms with Gasteiger partial charge in [0.15, 0.2) is 5.01 Å². The molecule has 1 aliphatic rings. The van der Waals surface area contributed by atoms with E-state index in [9.17, 15) is 0 Å². The van der Waals surface area contributed by atoms with Crippen LogP contribution in [-0.4, -0.2) is 59.6 Å². The SMILES string of the molecule is CNc1cc(-c2ccc(/C=C(/C#N)C=N)[nH]2)ncc1-c1nnc(N2CCNCC2)s1. The number of nitrogens with zero attached hydrogens (tertiary/aromatic N) is 5. The molecule has 0 aliphatic carbocycles. The molecular formula is C20H21N9S. The van der Waals surface area contributed by atoms with E-state index in [2.05, 4.69) is 35.7 Å². The number of anilines is 2. The summed E-state index contributed by atoms with van der Waals surface area (Å²) in [5, 5.41) is 33.3. The Morgan fingerprint density at radius 1 is 1.33 bits per heavy atom. The van der Waals surface area contributed by atoms with Crippen molar-refractivity contribution >= 4 is 34.4 Å². The van der Waals surface area contributed by atoms with Gasteiger partial charge in [0.05, 0.1) is 22.5 Å². The highest BCUT2D eigenvalue weighted by molar-refractivity contribution is 7.18. The molecule has 3 aromatic heterocycles. The number of nitrogens with one attached hydrogen (secondary N) is 4. The molecule has 0 radical (unpaired) electrons. The van der Waals surface area contributed by atoms with Crippen molar-refractivity contribution in [1.29, 1.82) is 10.7 Å². The first kappa shape index (κ1) is 19.8. The highest BCUT2D eigenvalue weighted by Crippen LogP contribution is 2.34. The molecule has 0 spiro atoms. The molecule has 0 bridgehead atoms. The first-order valence-electron chi connectivity index (χ1n) is 9.51. The maximum atomic E-state index is 8.98. The predicted molar refractivity (Wildman–Crippen MR) is 120 cm³/mol. The fourth-order valence-corrected chi connectivity index (χ4v) is 4.13. The molecule has 30 heavy (non-hydrogen) atoms. The van der Waals surface area contributed by atoms with Crippen LogP contribution in [0.1, 0.15) is 5.69 Å². The monoisotopic (exact) mass is 419 g/mol. The smallest absolute Gasteiger partial charge is 0.208 e. The number of nitriles is 1. The van der Waals surface area contributed by atoms with E-state index in [1.165, 1.54) is 0 Å². The Bertz CT molecular complexity index is 1120. The van der Waals surface area contributed by atoms with E-state index < -0.39 is 0 Å². The van der Waals surface area contributed by atoms with Gasteiger partial charge in [0.1, 0.15) is 6.07 Å². The van der Waals surface area contributed by atoms with Crippen LogP contribution in [0.2, 0.25) is 0 Å². The third kappa shape index (κ3) is 4.07. The van der Waals surface area contributed by atoms with Crippen LogP contribution in [0, 0.1) is 16.7 Å². The number of hydrogen-bond acceptors (Lipinski definition) is 9. The molecule has 0 saturated carbocycles. The van der Waals surface area contributed by atoms with Crippen LogP contribution in [0.4, 0.5) is 10.8 Å². The maximum absolute atomic E-state index is 8.98. The predicted octanol–water partition coefficient (Wildman–Crippen LogP) is 2.60. The summed E-state index contributed by atoms with van der Waals surface area (Å²) in [4.78, 5) is 10.1. The van der Waals surface area contributed by atoms with Gasteiger partial charge in [0.2, 0.25) is 5.13 Å².